The average Bonchev–Trinajstić information content (AvgIpc) is 2.15. The van der Waals surface area contributed by atoms with Gasteiger partial charge in [0, 0.05) is 29.3 Å². The minimum Gasteiger partial charge on any atom is -0.294 e. The van der Waals surface area contributed by atoms with Crippen LogP contribution in [0.25, 0.3) is 0 Å². The van der Waals surface area contributed by atoms with Gasteiger partial charge in [0.25, 0.3) is 0 Å². The summed E-state index contributed by atoms with van der Waals surface area (Å²) < 4.78 is 0. The smallest absolute Gasteiger partial charge is 0.164 e. The maximum Gasteiger partial charge on any atom is 0.164 e. The predicted molar refractivity (Wildman–Crippen MR) is 57.6 cm³/mol. The third-order valence-corrected chi connectivity index (χ3v) is 2.17. The highest BCUT2D eigenvalue weighted by Crippen LogP contribution is 2.19. The third-order valence-electron chi connectivity index (χ3n) is 2.17. The Kier molecular flexibility index (Phi) is 3.04. The molecule has 0 saturated carbocycles. The molecule has 0 bridgehead atoms. The zero-order valence-electron chi connectivity index (χ0n) is 9.29. The van der Waals surface area contributed by atoms with Crippen LogP contribution in [-0.2, 0) is 5.41 Å². The Hall–Kier alpha value is -1.18. The molecule has 0 radical (unpaired) electrons. The first kappa shape index (κ1) is 10.9. The molecule has 0 spiro atoms. The molecule has 0 unspecified atom stereocenters. The van der Waals surface area contributed by atoms with Crippen LogP contribution in [0, 0.1) is 0 Å². The van der Waals surface area contributed by atoms with E-state index >= 15 is 0 Å². The molecule has 76 valence electrons. The van der Waals surface area contributed by atoms with Crippen LogP contribution in [0.2, 0.25) is 0 Å². The van der Waals surface area contributed by atoms with Crippen molar-refractivity contribution in [1.29, 1.82) is 0 Å². The summed E-state index contributed by atoms with van der Waals surface area (Å²) in [4.78, 5) is 15.6. The van der Waals surface area contributed by atoms with Crippen molar-refractivity contribution in [3.8, 4) is 0 Å². The molecule has 0 aliphatic heterocycles. The molecule has 2 heteroatoms. The highest BCUT2D eigenvalue weighted by molar-refractivity contribution is 5.95. The standard InChI is InChI=1S/C12H17NO/c1-5-10(14)9-6-7-11(13-8-9)12(2,3)4/h6-8H,5H2,1-4H3. The van der Waals surface area contributed by atoms with Gasteiger partial charge in [-0.05, 0) is 12.1 Å². The highest BCUT2D eigenvalue weighted by Gasteiger charge is 2.15. The summed E-state index contributed by atoms with van der Waals surface area (Å²) in [7, 11) is 0. The molecule has 0 aliphatic rings. The Morgan fingerprint density at radius 3 is 2.36 bits per heavy atom. The van der Waals surface area contributed by atoms with E-state index in [1.807, 2.05) is 19.1 Å². The maximum atomic E-state index is 11.3. The first-order valence-corrected chi connectivity index (χ1v) is 4.95. The Morgan fingerprint density at radius 2 is 2.00 bits per heavy atom. The number of rotatable bonds is 2. The number of aromatic nitrogens is 1. The van der Waals surface area contributed by atoms with Gasteiger partial charge < -0.3 is 0 Å². The number of pyridine rings is 1. The van der Waals surface area contributed by atoms with Crippen molar-refractivity contribution >= 4 is 5.78 Å². The van der Waals surface area contributed by atoms with Gasteiger partial charge in [0.1, 0.15) is 0 Å². The number of nitrogens with zero attached hydrogens (tertiary/aromatic N) is 1. The zero-order valence-corrected chi connectivity index (χ0v) is 9.29. The first-order chi connectivity index (χ1) is 6.45. The van der Waals surface area contributed by atoms with E-state index in [4.69, 9.17) is 0 Å². The van der Waals surface area contributed by atoms with E-state index < -0.39 is 0 Å². The summed E-state index contributed by atoms with van der Waals surface area (Å²) in [5.41, 5.74) is 1.78. The SMILES string of the molecule is CCC(=O)c1ccc(C(C)(C)C)nc1. The molecular formula is C12H17NO. The topological polar surface area (TPSA) is 30.0 Å². The number of Topliss-reactive ketones (excluding diaryl/α,β-unsaturated/α-hetero) is 1. The Bertz CT molecular complexity index is 319. The number of hydrogen-bond acceptors (Lipinski definition) is 2. The average molecular weight is 191 g/mol. The summed E-state index contributed by atoms with van der Waals surface area (Å²) >= 11 is 0. The maximum absolute atomic E-state index is 11.3. The van der Waals surface area contributed by atoms with Crippen molar-refractivity contribution in [3.63, 3.8) is 0 Å². The van der Waals surface area contributed by atoms with Crippen LogP contribution in [0.5, 0.6) is 0 Å². The molecule has 1 aromatic heterocycles. The zero-order chi connectivity index (χ0) is 10.8. The Morgan fingerprint density at radius 1 is 1.36 bits per heavy atom. The van der Waals surface area contributed by atoms with Crippen molar-refractivity contribution in [3.05, 3.63) is 29.6 Å². The number of hydrogen-bond donors (Lipinski definition) is 0. The largest absolute Gasteiger partial charge is 0.294 e. The van der Waals surface area contributed by atoms with Crippen molar-refractivity contribution in [2.75, 3.05) is 0 Å². The van der Waals surface area contributed by atoms with Gasteiger partial charge in [-0.15, -0.1) is 0 Å². The van der Waals surface area contributed by atoms with Gasteiger partial charge in [0.05, 0.1) is 0 Å². The van der Waals surface area contributed by atoms with Gasteiger partial charge in [-0.25, -0.2) is 0 Å². The second-order valence-electron chi connectivity index (χ2n) is 4.46. The number of ketones is 1. The van der Waals surface area contributed by atoms with Gasteiger partial charge in [0.2, 0.25) is 0 Å². The molecule has 0 atom stereocenters. The lowest BCUT2D eigenvalue weighted by Crippen LogP contribution is -2.13. The molecule has 1 rings (SSSR count). The van der Waals surface area contributed by atoms with Crippen molar-refractivity contribution in [2.45, 2.75) is 39.5 Å². The minimum absolute atomic E-state index is 0.0494. The van der Waals surface area contributed by atoms with E-state index in [1.54, 1.807) is 6.20 Å². The molecule has 0 amide bonds. The lowest BCUT2D eigenvalue weighted by molar-refractivity contribution is 0.0987. The molecule has 14 heavy (non-hydrogen) atoms. The van der Waals surface area contributed by atoms with Crippen LogP contribution >= 0.6 is 0 Å². The number of carbonyl (C=O) groups excluding carboxylic acids is 1. The van der Waals surface area contributed by atoms with Crippen molar-refractivity contribution in [1.82, 2.24) is 4.98 Å². The van der Waals surface area contributed by atoms with Crippen molar-refractivity contribution < 1.29 is 4.79 Å². The minimum atomic E-state index is 0.0494. The quantitative estimate of drug-likeness (QED) is 0.673. The lowest BCUT2D eigenvalue weighted by Gasteiger charge is -2.17. The van der Waals surface area contributed by atoms with Crippen LogP contribution in [0.4, 0.5) is 0 Å². The van der Waals surface area contributed by atoms with Gasteiger partial charge in [0.15, 0.2) is 5.78 Å². The number of carbonyl (C=O) groups is 1. The second-order valence-corrected chi connectivity index (χ2v) is 4.46. The van der Waals surface area contributed by atoms with Crippen molar-refractivity contribution in [2.24, 2.45) is 0 Å². The molecule has 0 aromatic carbocycles. The lowest BCUT2D eigenvalue weighted by atomic mass is 9.91. The van der Waals surface area contributed by atoms with Crippen LogP contribution in [-0.4, -0.2) is 10.8 Å². The van der Waals surface area contributed by atoms with E-state index in [0.29, 0.717) is 12.0 Å². The Balaban J connectivity index is 2.95. The summed E-state index contributed by atoms with van der Waals surface area (Å²) in [6.07, 6.45) is 2.21. The summed E-state index contributed by atoms with van der Waals surface area (Å²) in [5, 5.41) is 0. The van der Waals surface area contributed by atoms with E-state index in [2.05, 4.69) is 25.8 Å². The summed E-state index contributed by atoms with van der Waals surface area (Å²) in [6, 6.07) is 3.79. The van der Waals surface area contributed by atoms with Gasteiger partial charge in [-0.2, -0.15) is 0 Å². The van der Waals surface area contributed by atoms with Crippen LogP contribution in [0.15, 0.2) is 18.3 Å². The Labute approximate surface area is 85.4 Å². The first-order valence-electron chi connectivity index (χ1n) is 4.95. The fourth-order valence-electron chi connectivity index (χ4n) is 1.21. The fourth-order valence-corrected chi connectivity index (χ4v) is 1.21. The van der Waals surface area contributed by atoms with Crippen LogP contribution in [0.1, 0.15) is 50.2 Å². The van der Waals surface area contributed by atoms with Gasteiger partial charge in [-0.1, -0.05) is 27.7 Å². The van der Waals surface area contributed by atoms with Gasteiger partial charge >= 0.3 is 0 Å². The van der Waals surface area contributed by atoms with Crippen LogP contribution in [0.3, 0.4) is 0 Å². The van der Waals surface area contributed by atoms with E-state index in [1.165, 1.54) is 0 Å². The molecule has 0 saturated heterocycles. The molecule has 1 aromatic rings. The third kappa shape index (κ3) is 2.41. The highest BCUT2D eigenvalue weighted by atomic mass is 16.1. The molecule has 0 fully saturated rings. The summed E-state index contributed by atoms with van der Waals surface area (Å²) in [6.45, 7) is 8.18. The molecule has 1 heterocycles. The monoisotopic (exact) mass is 191 g/mol. The molecule has 2 nitrogen and oxygen atoms in total. The second kappa shape index (κ2) is 3.91. The summed E-state index contributed by atoms with van der Waals surface area (Å²) in [5.74, 6) is 0.151. The molecular weight excluding hydrogens is 174 g/mol. The van der Waals surface area contributed by atoms with Gasteiger partial charge in [-0.3, -0.25) is 9.78 Å². The molecule has 0 N–H and O–H groups in total. The van der Waals surface area contributed by atoms with E-state index in [9.17, 15) is 4.79 Å². The normalized spacial score (nSPS) is 11.4. The molecule has 0 aliphatic carbocycles. The fraction of sp³-hybridized carbons (Fsp3) is 0.500. The van der Waals surface area contributed by atoms with E-state index in [-0.39, 0.29) is 11.2 Å². The van der Waals surface area contributed by atoms with E-state index in [0.717, 1.165) is 5.69 Å². The predicted octanol–water partition coefficient (Wildman–Crippen LogP) is 2.97. The van der Waals surface area contributed by atoms with Crippen LogP contribution < -0.4 is 0 Å².